The van der Waals surface area contributed by atoms with Gasteiger partial charge in [0.1, 0.15) is 11.4 Å². The summed E-state index contributed by atoms with van der Waals surface area (Å²) in [6, 6.07) is 43.5. The molecule has 0 atom stereocenters. The molecule has 0 unspecified atom stereocenters. The summed E-state index contributed by atoms with van der Waals surface area (Å²) in [6.07, 6.45) is 3.34. The number of rotatable bonds is 8. The van der Waals surface area contributed by atoms with E-state index in [1.807, 2.05) is 97.1 Å². The first-order valence-electron chi connectivity index (χ1n) is 14.8. The molecule has 0 spiro atoms. The Hall–Kier alpha value is -6.42. The van der Waals surface area contributed by atoms with Crippen LogP contribution in [0.5, 0.6) is 0 Å². The van der Waals surface area contributed by atoms with Crippen molar-refractivity contribution in [1.82, 2.24) is 9.97 Å². The zero-order valence-electron chi connectivity index (χ0n) is 26.0. The monoisotopic (exact) mass is 685 g/mol. The van der Waals surface area contributed by atoms with Gasteiger partial charge in [0.2, 0.25) is 0 Å². The van der Waals surface area contributed by atoms with Crippen LogP contribution < -0.4 is 21.7 Å². The van der Waals surface area contributed by atoms with Crippen molar-refractivity contribution in [3.8, 4) is 0 Å². The van der Waals surface area contributed by atoms with Crippen LogP contribution >= 0.6 is 0 Å². The zero-order chi connectivity index (χ0) is 33.6. The fraction of sp³-hybridized carbons (Fsp3) is 0. The van der Waals surface area contributed by atoms with E-state index in [0.29, 0.717) is 45.3 Å². The second-order valence-electron chi connectivity index (χ2n) is 10.0. The average molecular weight is 686 g/mol. The van der Waals surface area contributed by atoms with Crippen molar-refractivity contribution in [2.75, 3.05) is 11.5 Å². The molecule has 0 aliphatic heterocycles. The molecule has 0 bridgehead atoms. The summed E-state index contributed by atoms with van der Waals surface area (Å²) in [6.45, 7) is 0. The molecule has 6 rings (SSSR count). The predicted molar refractivity (Wildman–Crippen MR) is 187 cm³/mol. The van der Waals surface area contributed by atoms with Gasteiger partial charge in [0.05, 0.1) is 11.4 Å². The summed E-state index contributed by atoms with van der Waals surface area (Å²) in [5, 5.41) is 40.5. The first-order valence-corrected chi connectivity index (χ1v) is 14.8. The Labute approximate surface area is 294 Å². The van der Waals surface area contributed by atoms with E-state index >= 15 is 0 Å². The minimum Gasteiger partial charge on any atom is -0.857 e. The molecule has 11 heteroatoms. The molecular weight excluding hydrogens is 655 g/mol. The zero-order valence-corrected chi connectivity index (χ0v) is 27.2. The van der Waals surface area contributed by atoms with Crippen LogP contribution in [0.25, 0.3) is 0 Å². The van der Waals surface area contributed by atoms with E-state index < -0.39 is 11.8 Å². The van der Waals surface area contributed by atoms with E-state index in [4.69, 9.17) is 11.5 Å². The summed E-state index contributed by atoms with van der Waals surface area (Å²) in [7, 11) is 0. The molecule has 1 radical (unpaired) electrons. The Morgan fingerprint density at radius 2 is 0.776 bits per heavy atom. The van der Waals surface area contributed by atoms with E-state index in [1.165, 1.54) is 0 Å². The molecule has 241 valence electrons. The third-order valence-electron chi connectivity index (χ3n) is 6.77. The molecule has 4 aromatic carbocycles. The number of aromatic nitrogens is 2. The number of nitrogens with two attached hydrogens (primary N) is 2. The molecule has 2 heterocycles. The molecule has 4 N–H and O–H groups in total. The van der Waals surface area contributed by atoms with Gasteiger partial charge < -0.3 is 21.7 Å². The van der Waals surface area contributed by atoms with E-state index in [2.05, 4.69) is 30.4 Å². The largest absolute Gasteiger partial charge is 2.00 e. The Balaban J connectivity index is 0.000000216. The third kappa shape index (κ3) is 9.79. The molecule has 2 aromatic heterocycles. The van der Waals surface area contributed by atoms with Crippen molar-refractivity contribution >= 4 is 34.6 Å². The normalized spacial score (nSPS) is 11.9. The van der Waals surface area contributed by atoms with Crippen LogP contribution in [0.3, 0.4) is 0 Å². The SMILES string of the molecule is Nc1ccccc1/C([O-])=N/N=C(\c1ccccc1)c1ccccn1.Nc1ccccc1/C([O-])=N/N=C(\c1ccccc1)c1ccccn1.[Mn+2]. The van der Waals surface area contributed by atoms with Gasteiger partial charge in [-0.05, 0) is 36.4 Å². The number of nitrogens with zero attached hydrogens (tertiary/aromatic N) is 6. The number of hydrogen-bond acceptors (Lipinski definition) is 10. The van der Waals surface area contributed by atoms with E-state index in [0.717, 1.165) is 11.1 Å². The van der Waals surface area contributed by atoms with Crippen molar-refractivity contribution in [2.45, 2.75) is 0 Å². The minimum atomic E-state index is -0.488. The Kier molecular flexibility index (Phi) is 13.1. The van der Waals surface area contributed by atoms with Crippen LogP contribution in [0, 0.1) is 0 Å². The minimum absolute atomic E-state index is 0. The predicted octanol–water partition coefficient (Wildman–Crippen LogP) is 4.44. The van der Waals surface area contributed by atoms with E-state index in [1.54, 1.807) is 60.9 Å². The van der Waals surface area contributed by atoms with Gasteiger partial charge in [-0.15, -0.1) is 10.2 Å². The quantitative estimate of drug-likeness (QED) is 0.0788. The van der Waals surface area contributed by atoms with Crippen LogP contribution in [0.1, 0.15) is 33.6 Å². The smallest absolute Gasteiger partial charge is 0.857 e. The summed E-state index contributed by atoms with van der Waals surface area (Å²) < 4.78 is 0. The molecular formula is C38H30MnN8O2. The number of benzene rings is 4. The number of hydrogen-bond donors (Lipinski definition) is 2. The summed E-state index contributed by atoms with van der Waals surface area (Å²) in [5.41, 5.74) is 17.0. The summed E-state index contributed by atoms with van der Waals surface area (Å²) in [4.78, 5) is 8.59. The standard InChI is InChI=1S/2C19H16N4O.Mn/c2*20-16-11-5-4-10-15(16)19(24)23-22-18(14-8-2-1-3-9-14)17-12-6-7-13-21-17;/h2*1-13H,20H2,(H,23,24);/q;;+2/p-2/b2*22-18+;. The van der Waals surface area contributed by atoms with Gasteiger partial charge in [-0.3, -0.25) is 9.97 Å². The van der Waals surface area contributed by atoms with Crippen LogP contribution in [0.2, 0.25) is 0 Å². The number of nitrogen functional groups attached to an aromatic ring is 2. The van der Waals surface area contributed by atoms with Crippen LogP contribution in [-0.2, 0) is 17.1 Å². The molecule has 0 fully saturated rings. The molecule has 49 heavy (non-hydrogen) atoms. The average Bonchev–Trinajstić information content (AvgIpc) is 3.14. The first-order chi connectivity index (χ1) is 23.5. The Bertz CT molecular complexity index is 1820. The second kappa shape index (κ2) is 18.1. The summed E-state index contributed by atoms with van der Waals surface area (Å²) >= 11 is 0. The van der Waals surface area contributed by atoms with Crippen molar-refractivity contribution in [3.63, 3.8) is 0 Å². The molecule has 0 aliphatic rings. The molecule has 0 saturated carbocycles. The second-order valence-corrected chi connectivity index (χ2v) is 10.0. The molecule has 0 aliphatic carbocycles. The van der Waals surface area contributed by atoms with Crippen LogP contribution in [0.4, 0.5) is 11.4 Å². The van der Waals surface area contributed by atoms with Gasteiger partial charge >= 0.3 is 17.1 Å². The third-order valence-corrected chi connectivity index (χ3v) is 6.77. The molecule has 10 nitrogen and oxygen atoms in total. The number of anilines is 2. The topological polar surface area (TPSA) is 173 Å². The van der Waals surface area contributed by atoms with E-state index in [-0.39, 0.29) is 17.1 Å². The maximum atomic E-state index is 12.3. The maximum Gasteiger partial charge on any atom is 2.00 e. The van der Waals surface area contributed by atoms with Gasteiger partial charge in [-0.25, -0.2) is 0 Å². The van der Waals surface area contributed by atoms with Gasteiger partial charge in [-0.2, -0.15) is 10.2 Å². The number of pyridine rings is 2. The van der Waals surface area contributed by atoms with Crippen molar-refractivity contribution in [3.05, 3.63) is 192 Å². The maximum absolute atomic E-state index is 12.3. The van der Waals surface area contributed by atoms with Gasteiger partial charge in [0.15, 0.2) is 0 Å². The van der Waals surface area contributed by atoms with Gasteiger partial charge in [0, 0.05) is 57.8 Å². The summed E-state index contributed by atoms with van der Waals surface area (Å²) in [5.74, 6) is -0.977. The molecule has 0 saturated heterocycles. The van der Waals surface area contributed by atoms with Crippen LogP contribution in [-0.4, -0.2) is 33.2 Å². The van der Waals surface area contributed by atoms with Crippen molar-refractivity contribution in [2.24, 2.45) is 20.4 Å². The Morgan fingerprint density at radius 3 is 1.12 bits per heavy atom. The van der Waals surface area contributed by atoms with E-state index in [9.17, 15) is 10.2 Å². The Morgan fingerprint density at radius 1 is 0.429 bits per heavy atom. The van der Waals surface area contributed by atoms with Gasteiger partial charge in [-0.1, -0.05) is 109 Å². The fourth-order valence-corrected chi connectivity index (χ4v) is 4.39. The van der Waals surface area contributed by atoms with Crippen molar-refractivity contribution in [1.29, 1.82) is 0 Å². The molecule has 6 aromatic rings. The van der Waals surface area contributed by atoms with Gasteiger partial charge in [0.25, 0.3) is 0 Å². The fourth-order valence-electron chi connectivity index (χ4n) is 4.39. The molecule has 0 amide bonds. The van der Waals surface area contributed by atoms with Crippen LogP contribution in [0.15, 0.2) is 178 Å². The first kappa shape index (κ1) is 35.4. The number of para-hydroxylation sites is 2. The van der Waals surface area contributed by atoms with Crippen molar-refractivity contribution < 1.29 is 27.3 Å².